The third kappa shape index (κ3) is 2.83. The van der Waals surface area contributed by atoms with Crippen LogP contribution in [0.15, 0.2) is 105 Å². The molecule has 1 N–H and O–H groups in total. The number of fused-ring (bicyclic) bond motifs is 4. The number of para-hydroxylation sites is 2. The molecule has 0 atom stereocenters. The molecule has 0 saturated heterocycles. The molecule has 2 heterocycles. The van der Waals surface area contributed by atoms with Crippen molar-refractivity contribution < 1.29 is 0 Å². The van der Waals surface area contributed by atoms with Gasteiger partial charge in [-0.05, 0) is 67.1 Å². The summed E-state index contributed by atoms with van der Waals surface area (Å²) in [4.78, 5) is 7.50. The van der Waals surface area contributed by atoms with Crippen molar-refractivity contribution in [2.75, 3.05) is 10.2 Å². The van der Waals surface area contributed by atoms with Gasteiger partial charge in [-0.3, -0.25) is 0 Å². The quantitative estimate of drug-likeness (QED) is 0.294. The van der Waals surface area contributed by atoms with Crippen molar-refractivity contribution in [3.63, 3.8) is 0 Å². The molecule has 2 aliphatic heterocycles. The maximum absolute atomic E-state index is 3.59. The number of aryl methyl sites for hydroxylation is 1. The number of nitrogens with one attached hydrogen (secondary N) is 1. The van der Waals surface area contributed by atoms with E-state index in [0.29, 0.717) is 0 Å². The number of nitrogens with zero attached hydrogens (tertiary/aromatic N) is 1. The van der Waals surface area contributed by atoms with Gasteiger partial charge >= 0.3 is 0 Å². The highest BCUT2D eigenvalue weighted by Gasteiger charge is 2.25. The zero-order valence-electron chi connectivity index (χ0n) is 15.8. The van der Waals surface area contributed by atoms with E-state index in [-0.39, 0.29) is 0 Å². The highest BCUT2D eigenvalue weighted by molar-refractivity contribution is 8.00. The fraction of sp³-hybridized carbons (Fsp3) is 0.0400. The molecule has 0 spiro atoms. The predicted octanol–water partition coefficient (Wildman–Crippen LogP) is 8.14. The number of hydrogen-bond donors (Lipinski definition) is 1. The van der Waals surface area contributed by atoms with Crippen LogP contribution in [-0.4, -0.2) is 0 Å². The molecule has 0 radical (unpaired) electrons. The second kappa shape index (κ2) is 6.61. The first-order valence-electron chi connectivity index (χ1n) is 9.62. The summed E-state index contributed by atoms with van der Waals surface area (Å²) in [5.74, 6) is 0. The highest BCUT2D eigenvalue weighted by atomic mass is 32.2. The Bertz CT molecular complexity index is 1220. The fourth-order valence-electron chi connectivity index (χ4n) is 3.90. The first-order chi connectivity index (χ1) is 14.3. The molecule has 4 heteroatoms. The summed E-state index contributed by atoms with van der Waals surface area (Å²) in [6.45, 7) is 2.14. The second-order valence-electron chi connectivity index (χ2n) is 7.28. The first-order valence-corrected chi connectivity index (χ1v) is 11.3. The topological polar surface area (TPSA) is 15.3 Å². The third-order valence-electron chi connectivity index (χ3n) is 5.28. The van der Waals surface area contributed by atoms with Crippen molar-refractivity contribution in [2.45, 2.75) is 26.5 Å². The van der Waals surface area contributed by atoms with E-state index in [9.17, 15) is 0 Å². The average molecular weight is 411 g/mol. The van der Waals surface area contributed by atoms with Gasteiger partial charge in [0.1, 0.15) is 0 Å². The maximum atomic E-state index is 3.59. The van der Waals surface area contributed by atoms with Crippen molar-refractivity contribution in [3.05, 3.63) is 90.5 Å². The van der Waals surface area contributed by atoms with Gasteiger partial charge in [0.15, 0.2) is 0 Å². The Balaban J connectivity index is 1.48. The Kier molecular flexibility index (Phi) is 3.89. The van der Waals surface area contributed by atoms with Gasteiger partial charge < -0.3 is 10.2 Å². The molecule has 0 unspecified atom stereocenters. The largest absolute Gasteiger partial charge is 0.354 e. The molecule has 0 saturated carbocycles. The van der Waals surface area contributed by atoms with E-state index in [4.69, 9.17) is 0 Å². The average Bonchev–Trinajstić information content (AvgIpc) is 2.75. The Labute approximate surface area is 179 Å². The summed E-state index contributed by atoms with van der Waals surface area (Å²) in [5.41, 5.74) is 7.30. The monoisotopic (exact) mass is 410 g/mol. The predicted molar refractivity (Wildman–Crippen MR) is 124 cm³/mol. The van der Waals surface area contributed by atoms with Crippen LogP contribution in [0.5, 0.6) is 0 Å². The van der Waals surface area contributed by atoms with Crippen LogP contribution in [0.3, 0.4) is 0 Å². The zero-order valence-corrected chi connectivity index (χ0v) is 17.5. The molecule has 2 aliphatic rings. The molecule has 4 aromatic carbocycles. The van der Waals surface area contributed by atoms with Crippen LogP contribution >= 0.6 is 23.5 Å². The lowest BCUT2D eigenvalue weighted by Gasteiger charge is -2.33. The lowest BCUT2D eigenvalue weighted by Crippen LogP contribution is -2.15. The number of anilines is 5. The van der Waals surface area contributed by atoms with E-state index in [1.165, 1.54) is 53.6 Å². The van der Waals surface area contributed by atoms with Gasteiger partial charge in [-0.2, -0.15) is 0 Å². The Hall–Kier alpha value is -2.82. The molecule has 0 fully saturated rings. The lowest BCUT2D eigenvalue weighted by molar-refractivity contribution is 1.16. The van der Waals surface area contributed by atoms with Gasteiger partial charge in [0, 0.05) is 25.3 Å². The fourth-order valence-corrected chi connectivity index (χ4v) is 6.08. The standard InChI is InChI=1S/C25H18N2S2/c1-16-10-12-18-24(14-16)29-25-15-17(11-13-19(25)26-18)27-20-6-2-4-8-22(20)28-23-9-5-3-7-21(23)27/h2-15,26H,1H3. The zero-order chi connectivity index (χ0) is 19.4. The first kappa shape index (κ1) is 17.1. The molecular formula is C25H18N2S2. The summed E-state index contributed by atoms with van der Waals surface area (Å²) in [6.07, 6.45) is 0. The van der Waals surface area contributed by atoms with Crippen molar-refractivity contribution in [1.29, 1.82) is 0 Å². The van der Waals surface area contributed by atoms with Crippen LogP contribution in [0, 0.1) is 6.92 Å². The van der Waals surface area contributed by atoms with Crippen molar-refractivity contribution in [2.24, 2.45) is 0 Å². The van der Waals surface area contributed by atoms with Gasteiger partial charge in [-0.25, -0.2) is 0 Å². The second-order valence-corrected chi connectivity index (χ2v) is 9.45. The van der Waals surface area contributed by atoms with E-state index in [2.05, 4.69) is 102 Å². The Morgan fingerprint density at radius 3 is 1.93 bits per heavy atom. The molecule has 6 rings (SSSR count). The van der Waals surface area contributed by atoms with Crippen molar-refractivity contribution in [3.8, 4) is 0 Å². The van der Waals surface area contributed by atoms with Gasteiger partial charge in [-0.1, -0.05) is 53.9 Å². The summed E-state index contributed by atoms with van der Waals surface area (Å²) in [5, 5.41) is 3.59. The van der Waals surface area contributed by atoms with E-state index < -0.39 is 0 Å². The van der Waals surface area contributed by atoms with Gasteiger partial charge in [-0.15, -0.1) is 0 Å². The van der Waals surface area contributed by atoms with Gasteiger partial charge in [0.05, 0.1) is 22.7 Å². The van der Waals surface area contributed by atoms with E-state index in [1.807, 2.05) is 23.5 Å². The van der Waals surface area contributed by atoms with Crippen LogP contribution in [0.4, 0.5) is 28.4 Å². The van der Waals surface area contributed by atoms with Crippen molar-refractivity contribution >= 4 is 52.0 Å². The van der Waals surface area contributed by atoms with Gasteiger partial charge in [0.2, 0.25) is 0 Å². The van der Waals surface area contributed by atoms with Crippen LogP contribution in [0.25, 0.3) is 0 Å². The minimum Gasteiger partial charge on any atom is -0.354 e. The van der Waals surface area contributed by atoms with E-state index in [0.717, 1.165) is 0 Å². The summed E-state index contributed by atoms with van der Waals surface area (Å²) in [7, 11) is 0. The van der Waals surface area contributed by atoms with Crippen LogP contribution in [-0.2, 0) is 0 Å². The Morgan fingerprint density at radius 2 is 1.21 bits per heavy atom. The molecule has 0 aromatic heterocycles. The number of rotatable bonds is 1. The minimum atomic E-state index is 1.17. The van der Waals surface area contributed by atoms with Crippen molar-refractivity contribution in [1.82, 2.24) is 0 Å². The van der Waals surface area contributed by atoms with Crippen LogP contribution in [0.2, 0.25) is 0 Å². The highest BCUT2D eigenvalue weighted by Crippen LogP contribution is 2.53. The molecule has 2 nitrogen and oxygen atoms in total. The minimum absolute atomic E-state index is 1.17. The summed E-state index contributed by atoms with van der Waals surface area (Å²) < 4.78 is 0. The van der Waals surface area contributed by atoms with Gasteiger partial charge in [0.25, 0.3) is 0 Å². The molecule has 0 amide bonds. The van der Waals surface area contributed by atoms with E-state index in [1.54, 1.807) is 0 Å². The van der Waals surface area contributed by atoms with Crippen LogP contribution in [0.1, 0.15) is 5.56 Å². The van der Waals surface area contributed by atoms with Crippen LogP contribution < -0.4 is 10.2 Å². The molecular weight excluding hydrogens is 392 g/mol. The maximum Gasteiger partial charge on any atom is 0.0601 e. The molecule has 0 bridgehead atoms. The SMILES string of the molecule is Cc1ccc2c(c1)Sc1cc(N3c4ccccc4Sc4ccccc43)ccc1N2. The lowest BCUT2D eigenvalue weighted by atomic mass is 10.1. The smallest absolute Gasteiger partial charge is 0.0601 e. The summed E-state index contributed by atoms with van der Waals surface area (Å²) in [6, 6.07) is 30.6. The Morgan fingerprint density at radius 1 is 0.621 bits per heavy atom. The number of benzene rings is 4. The molecule has 0 aliphatic carbocycles. The summed E-state index contributed by atoms with van der Waals surface area (Å²) >= 11 is 3.69. The normalized spacial score (nSPS) is 13.6. The molecule has 4 aromatic rings. The molecule has 140 valence electrons. The van der Waals surface area contributed by atoms with E-state index >= 15 is 0 Å². The number of hydrogen-bond acceptors (Lipinski definition) is 4. The molecule has 29 heavy (non-hydrogen) atoms. The third-order valence-corrected chi connectivity index (χ3v) is 7.53.